The van der Waals surface area contributed by atoms with Crippen LogP contribution in [0.25, 0.3) is 0 Å². The number of alkyl halides is 3. The number of anilines is 2. The Morgan fingerprint density at radius 2 is 1.92 bits per heavy atom. The van der Waals surface area contributed by atoms with Crippen LogP contribution in [-0.2, 0) is 11.0 Å². The Kier molecular flexibility index (Phi) is 6.48. The van der Waals surface area contributed by atoms with Gasteiger partial charge in [-0.2, -0.15) is 13.2 Å². The van der Waals surface area contributed by atoms with Gasteiger partial charge in [-0.3, -0.25) is 4.79 Å². The molecule has 1 aromatic rings. The van der Waals surface area contributed by atoms with Crippen LogP contribution >= 0.6 is 0 Å². The van der Waals surface area contributed by atoms with Gasteiger partial charge in [-0.1, -0.05) is 0 Å². The molecule has 2 rings (SSSR count). The molecule has 0 atom stereocenters. The number of hydrogen-bond acceptors (Lipinski definition) is 3. The maximum absolute atomic E-state index is 13.0. The number of nitrogens with one attached hydrogen (secondary N) is 2. The van der Waals surface area contributed by atoms with Gasteiger partial charge in [0, 0.05) is 19.5 Å². The molecule has 1 fully saturated rings. The summed E-state index contributed by atoms with van der Waals surface area (Å²) in [4.78, 5) is 14.1. The molecule has 1 amide bonds. The van der Waals surface area contributed by atoms with Gasteiger partial charge in [0.25, 0.3) is 0 Å². The highest BCUT2D eigenvalue weighted by Crippen LogP contribution is 2.36. The molecule has 134 valence electrons. The molecule has 0 aromatic heterocycles. The van der Waals surface area contributed by atoms with Crippen LogP contribution in [0.1, 0.15) is 37.7 Å². The van der Waals surface area contributed by atoms with Crippen LogP contribution in [0.3, 0.4) is 0 Å². The van der Waals surface area contributed by atoms with Crippen LogP contribution < -0.4 is 15.5 Å². The SMILES string of the molecule is CNCCCC(=O)Nc1cc(C(F)(F)F)ccc1N1CCCCC1. The van der Waals surface area contributed by atoms with E-state index in [4.69, 9.17) is 0 Å². The van der Waals surface area contributed by atoms with Gasteiger partial charge >= 0.3 is 6.18 Å². The number of nitrogens with zero attached hydrogens (tertiary/aromatic N) is 1. The molecule has 1 aliphatic heterocycles. The van der Waals surface area contributed by atoms with Gasteiger partial charge in [-0.05, 0) is 57.5 Å². The Morgan fingerprint density at radius 1 is 1.21 bits per heavy atom. The van der Waals surface area contributed by atoms with Crippen LogP contribution in [0.15, 0.2) is 18.2 Å². The second-order valence-electron chi connectivity index (χ2n) is 6.03. The summed E-state index contributed by atoms with van der Waals surface area (Å²) in [5, 5.41) is 5.61. The fourth-order valence-electron chi connectivity index (χ4n) is 2.86. The van der Waals surface area contributed by atoms with Crippen molar-refractivity contribution in [3.8, 4) is 0 Å². The van der Waals surface area contributed by atoms with Gasteiger partial charge < -0.3 is 15.5 Å². The van der Waals surface area contributed by atoms with Crippen LogP contribution in [0.5, 0.6) is 0 Å². The number of carbonyl (C=O) groups excluding carboxylic acids is 1. The third-order valence-corrected chi connectivity index (χ3v) is 4.13. The number of piperidine rings is 1. The first-order chi connectivity index (χ1) is 11.4. The summed E-state index contributed by atoms with van der Waals surface area (Å²) in [6.07, 6.45) is -0.362. The van der Waals surface area contributed by atoms with E-state index < -0.39 is 11.7 Å². The van der Waals surface area contributed by atoms with Crippen molar-refractivity contribution in [1.29, 1.82) is 0 Å². The highest BCUT2D eigenvalue weighted by Gasteiger charge is 2.31. The minimum absolute atomic E-state index is 0.251. The predicted octanol–water partition coefficient (Wildman–Crippen LogP) is 3.63. The third kappa shape index (κ3) is 5.12. The van der Waals surface area contributed by atoms with E-state index in [-0.39, 0.29) is 18.0 Å². The highest BCUT2D eigenvalue weighted by molar-refractivity contribution is 5.94. The lowest BCUT2D eigenvalue weighted by Crippen LogP contribution is -2.30. The molecular weight excluding hydrogens is 319 g/mol. The maximum Gasteiger partial charge on any atom is 0.416 e. The Bertz CT molecular complexity index is 555. The van der Waals surface area contributed by atoms with Crippen molar-refractivity contribution in [2.75, 3.05) is 36.9 Å². The summed E-state index contributed by atoms with van der Waals surface area (Å²) in [6, 6.07) is 3.60. The van der Waals surface area contributed by atoms with E-state index in [0.717, 1.165) is 44.5 Å². The first-order valence-corrected chi connectivity index (χ1v) is 8.32. The van der Waals surface area contributed by atoms with Crippen molar-refractivity contribution in [2.24, 2.45) is 0 Å². The predicted molar refractivity (Wildman–Crippen MR) is 89.3 cm³/mol. The number of hydrogen-bond donors (Lipinski definition) is 2. The first kappa shape index (κ1) is 18.6. The average Bonchev–Trinajstić information content (AvgIpc) is 2.55. The Morgan fingerprint density at radius 3 is 2.54 bits per heavy atom. The quantitative estimate of drug-likeness (QED) is 0.775. The fourth-order valence-corrected chi connectivity index (χ4v) is 2.86. The lowest BCUT2D eigenvalue weighted by atomic mass is 10.1. The normalized spacial score (nSPS) is 15.4. The van der Waals surface area contributed by atoms with Gasteiger partial charge in [0.1, 0.15) is 0 Å². The van der Waals surface area contributed by atoms with Gasteiger partial charge in [-0.25, -0.2) is 0 Å². The Balaban J connectivity index is 2.21. The minimum atomic E-state index is -4.42. The number of carbonyl (C=O) groups is 1. The smallest absolute Gasteiger partial charge is 0.370 e. The van der Waals surface area contributed by atoms with E-state index in [1.807, 2.05) is 4.90 Å². The summed E-state index contributed by atoms with van der Waals surface area (Å²) in [7, 11) is 1.79. The standard InChI is InChI=1S/C17H24F3N3O/c1-21-9-5-6-16(24)22-14-12-13(17(18,19)20)7-8-15(14)23-10-3-2-4-11-23/h7-8,12,21H,2-6,9-11H2,1H3,(H,22,24). The average molecular weight is 343 g/mol. The van der Waals surface area contributed by atoms with Crippen LogP contribution in [0.2, 0.25) is 0 Å². The van der Waals surface area contributed by atoms with E-state index >= 15 is 0 Å². The molecule has 4 nitrogen and oxygen atoms in total. The van der Waals surface area contributed by atoms with Crippen molar-refractivity contribution < 1.29 is 18.0 Å². The molecule has 1 aromatic carbocycles. The molecule has 2 N–H and O–H groups in total. The largest absolute Gasteiger partial charge is 0.416 e. The van der Waals surface area contributed by atoms with Crippen molar-refractivity contribution >= 4 is 17.3 Å². The second-order valence-corrected chi connectivity index (χ2v) is 6.03. The van der Waals surface area contributed by atoms with Crippen molar-refractivity contribution in [2.45, 2.75) is 38.3 Å². The molecule has 1 heterocycles. The monoisotopic (exact) mass is 343 g/mol. The molecule has 1 aliphatic rings. The van der Waals surface area contributed by atoms with E-state index in [1.54, 1.807) is 7.05 Å². The molecule has 0 bridgehead atoms. The molecule has 0 radical (unpaired) electrons. The molecule has 7 heteroatoms. The van der Waals surface area contributed by atoms with Gasteiger partial charge in [0.2, 0.25) is 5.91 Å². The Labute approximate surface area is 140 Å². The Hall–Kier alpha value is -1.76. The molecule has 0 spiro atoms. The van der Waals surface area contributed by atoms with Gasteiger partial charge in [-0.15, -0.1) is 0 Å². The molecular formula is C17H24F3N3O. The van der Waals surface area contributed by atoms with Crippen LogP contribution in [0, 0.1) is 0 Å². The molecule has 0 aliphatic carbocycles. The second kappa shape index (κ2) is 8.37. The minimum Gasteiger partial charge on any atom is -0.370 e. The van der Waals surface area contributed by atoms with E-state index in [1.165, 1.54) is 6.07 Å². The molecule has 0 unspecified atom stereocenters. The zero-order valence-corrected chi connectivity index (χ0v) is 13.9. The fraction of sp³-hybridized carbons (Fsp3) is 0.588. The van der Waals surface area contributed by atoms with E-state index in [0.29, 0.717) is 18.7 Å². The number of rotatable bonds is 6. The third-order valence-electron chi connectivity index (χ3n) is 4.13. The van der Waals surface area contributed by atoms with E-state index in [9.17, 15) is 18.0 Å². The van der Waals surface area contributed by atoms with Crippen LogP contribution in [-0.4, -0.2) is 32.6 Å². The summed E-state index contributed by atoms with van der Waals surface area (Å²) < 4.78 is 39.0. The summed E-state index contributed by atoms with van der Waals surface area (Å²) in [6.45, 7) is 2.29. The van der Waals surface area contributed by atoms with Crippen molar-refractivity contribution in [3.05, 3.63) is 23.8 Å². The highest BCUT2D eigenvalue weighted by atomic mass is 19.4. The van der Waals surface area contributed by atoms with E-state index in [2.05, 4.69) is 10.6 Å². The summed E-state index contributed by atoms with van der Waals surface area (Å²) in [5.41, 5.74) is 0.180. The number of halogens is 3. The molecule has 24 heavy (non-hydrogen) atoms. The maximum atomic E-state index is 13.0. The van der Waals surface area contributed by atoms with Gasteiger partial charge in [0.15, 0.2) is 0 Å². The zero-order valence-electron chi connectivity index (χ0n) is 13.9. The van der Waals surface area contributed by atoms with Crippen molar-refractivity contribution in [1.82, 2.24) is 5.32 Å². The summed E-state index contributed by atoms with van der Waals surface area (Å²) in [5.74, 6) is -0.261. The van der Waals surface area contributed by atoms with Gasteiger partial charge in [0.05, 0.1) is 16.9 Å². The van der Waals surface area contributed by atoms with Crippen molar-refractivity contribution in [3.63, 3.8) is 0 Å². The number of amides is 1. The number of benzene rings is 1. The lowest BCUT2D eigenvalue weighted by molar-refractivity contribution is -0.137. The lowest BCUT2D eigenvalue weighted by Gasteiger charge is -2.31. The van der Waals surface area contributed by atoms with Crippen LogP contribution in [0.4, 0.5) is 24.5 Å². The summed E-state index contributed by atoms with van der Waals surface area (Å²) >= 11 is 0. The first-order valence-electron chi connectivity index (χ1n) is 8.32. The zero-order chi connectivity index (χ0) is 17.6. The molecule has 1 saturated heterocycles. The molecule has 0 saturated carbocycles. The topological polar surface area (TPSA) is 44.4 Å².